The second-order valence-electron chi connectivity index (χ2n) is 8.41. The van der Waals surface area contributed by atoms with Gasteiger partial charge in [0.25, 0.3) is 10.0 Å². The van der Waals surface area contributed by atoms with Crippen LogP contribution in [0.15, 0.2) is 71.6 Å². The molecule has 1 aliphatic rings. The maximum Gasteiger partial charge on any atom is 0.338 e. The summed E-state index contributed by atoms with van der Waals surface area (Å²) in [5, 5.41) is 2.61. The van der Waals surface area contributed by atoms with E-state index in [0.29, 0.717) is 30.2 Å². The van der Waals surface area contributed by atoms with E-state index in [1.807, 2.05) is 6.92 Å². The van der Waals surface area contributed by atoms with E-state index < -0.39 is 34.3 Å². The van der Waals surface area contributed by atoms with Crippen molar-refractivity contribution < 1.29 is 36.6 Å². The number of esters is 1. The molecule has 0 atom stereocenters. The molecule has 1 heterocycles. The molecule has 3 aromatic rings. The number of hydrogen-bond acceptors (Lipinski definition) is 7. The molecule has 0 aromatic heterocycles. The lowest BCUT2D eigenvalue weighted by Crippen LogP contribution is -2.38. The van der Waals surface area contributed by atoms with Crippen molar-refractivity contribution in [3.63, 3.8) is 0 Å². The van der Waals surface area contributed by atoms with Gasteiger partial charge in [-0.3, -0.25) is 9.10 Å². The van der Waals surface area contributed by atoms with Crippen LogP contribution >= 0.6 is 0 Å². The van der Waals surface area contributed by atoms with Crippen molar-refractivity contribution >= 4 is 33.3 Å². The standard InChI is InChI=1S/C27H27FN2O7S/c1-2-3-13-37-27(32)19-7-9-21(10-8-19)29-26(31)18-30(22-6-4-5-20(28)16-22)38(33,34)23-11-12-24-25(17-23)36-15-14-35-24/h4-12,16-17H,2-3,13-15,18H2,1H3,(H,29,31). The van der Waals surface area contributed by atoms with Gasteiger partial charge in [0.2, 0.25) is 5.91 Å². The Morgan fingerprint density at radius 1 is 1.00 bits per heavy atom. The van der Waals surface area contributed by atoms with Crippen LogP contribution < -0.4 is 19.1 Å². The highest BCUT2D eigenvalue weighted by Crippen LogP contribution is 2.34. The average Bonchev–Trinajstić information content (AvgIpc) is 2.92. The van der Waals surface area contributed by atoms with Crippen LogP contribution in [0, 0.1) is 5.82 Å². The monoisotopic (exact) mass is 542 g/mol. The number of ether oxygens (including phenoxy) is 3. The van der Waals surface area contributed by atoms with Gasteiger partial charge in [0, 0.05) is 11.8 Å². The number of benzene rings is 3. The Morgan fingerprint density at radius 2 is 1.74 bits per heavy atom. The number of hydrogen-bond donors (Lipinski definition) is 1. The Hall–Kier alpha value is -4.12. The molecule has 11 heteroatoms. The van der Waals surface area contributed by atoms with Crippen LogP contribution in [0.3, 0.4) is 0 Å². The molecule has 200 valence electrons. The van der Waals surface area contributed by atoms with Gasteiger partial charge in [-0.05, 0) is 61.0 Å². The van der Waals surface area contributed by atoms with Crippen molar-refractivity contribution in [2.24, 2.45) is 0 Å². The molecule has 38 heavy (non-hydrogen) atoms. The van der Waals surface area contributed by atoms with E-state index in [-0.39, 0.29) is 22.9 Å². The number of halogens is 1. The average molecular weight is 543 g/mol. The fourth-order valence-electron chi connectivity index (χ4n) is 3.67. The molecule has 0 unspecified atom stereocenters. The molecule has 4 rings (SSSR count). The van der Waals surface area contributed by atoms with E-state index in [1.54, 1.807) is 0 Å². The number of carbonyl (C=O) groups is 2. The van der Waals surface area contributed by atoms with Crippen LogP contribution in [-0.2, 0) is 19.6 Å². The Balaban J connectivity index is 1.54. The first-order valence-corrected chi connectivity index (χ1v) is 13.5. The van der Waals surface area contributed by atoms with Crippen molar-refractivity contribution in [2.75, 3.05) is 36.0 Å². The number of anilines is 2. The first kappa shape index (κ1) is 26.9. The second-order valence-corrected chi connectivity index (χ2v) is 10.3. The molecule has 1 aliphatic heterocycles. The third-order valence-electron chi connectivity index (χ3n) is 5.62. The van der Waals surface area contributed by atoms with Gasteiger partial charge < -0.3 is 19.5 Å². The van der Waals surface area contributed by atoms with Gasteiger partial charge in [0.1, 0.15) is 25.6 Å². The Bertz CT molecular complexity index is 1410. The molecular weight excluding hydrogens is 515 g/mol. The number of nitrogens with one attached hydrogen (secondary N) is 1. The van der Waals surface area contributed by atoms with Crippen LogP contribution in [-0.4, -0.2) is 46.7 Å². The minimum absolute atomic E-state index is 0.0276. The zero-order valence-corrected chi connectivity index (χ0v) is 21.5. The molecule has 1 N–H and O–H groups in total. The summed E-state index contributed by atoms with van der Waals surface area (Å²) in [6.07, 6.45) is 1.66. The van der Waals surface area contributed by atoms with Crippen LogP contribution in [0.2, 0.25) is 0 Å². The van der Waals surface area contributed by atoms with E-state index in [9.17, 15) is 22.4 Å². The zero-order valence-electron chi connectivity index (χ0n) is 20.7. The van der Waals surface area contributed by atoms with Crippen LogP contribution in [0.5, 0.6) is 11.5 Å². The number of rotatable bonds is 10. The van der Waals surface area contributed by atoms with Gasteiger partial charge in [0.05, 0.1) is 22.8 Å². The van der Waals surface area contributed by atoms with Crippen molar-refractivity contribution in [1.29, 1.82) is 0 Å². The summed E-state index contributed by atoms with van der Waals surface area (Å²) in [4.78, 5) is 24.9. The lowest BCUT2D eigenvalue weighted by atomic mass is 10.2. The van der Waals surface area contributed by atoms with E-state index in [4.69, 9.17) is 14.2 Å². The fraction of sp³-hybridized carbons (Fsp3) is 0.259. The molecule has 0 saturated carbocycles. The molecule has 0 spiro atoms. The highest BCUT2D eigenvalue weighted by atomic mass is 32.2. The molecule has 3 aromatic carbocycles. The predicted octanol–water partition coefficient (Wildman–Crippen LogP) is 4.39. The summed E-state index contributed by atoms with van der Waals surface area (Å²) in [5.74, 6) is -1.14. The topological polar surface area (TPSA) is 111 Å². The molecule has 0 aliphatic carbocycles. The lowest BCUT2D eigenvalue weighted by Gasteiger charge is -2.25. The number of carbonyl (C=O) groups excluding carboxylic acids is 2. The van der Waals surface area contributed by atoms with Crippen molar-refractivity contribution in [1.82, 2.24) is 0 Å². The number of nitrogens with zero attached hydrogens (tertiary/aromatic N) is 1. The minimum Gasteiger partial charge on any atom is -0.486 e. The van der Waals surface area contributed by atoms with Crippen LogP contribution in [0.1, 0.15) is 30.1 Å². The number of unbranched alkanes of at least 4 members (excludes halogenated alkanes) is 1. The van der Waals surface area contributed by atoms with E-state index in [0.717, 1.165) is 23.2 Å². The Kier molecular flexibility index (Phi) is 8.47. The fourth-order valence-corrected chi connectivity index (χ4v) is 5.10. The summed E-state index contributed by atoms with van der Waals surface area (Å²) in [7, 11) is -4.31. The molecule has 9 nitrogen and oxygen atoms in total. The summed E-state index contributed by atoms with van der Waals surface area (Å²) in [6, 6.07) is 15.1. The van der Waals surface area contributed by atoms with E-state index in [2.05, 4.69) is 5.32 Å². The van der Waals surface area contributed by atoms with Gasteiger partial charge in [-0.1, -0.05) is 19.4 Å². The molecular formula is C27H27FN2O7S. The molecule has 1 amide bonds. The summed E-state index contributed by atoms with van der Waals surface area (Å²) in [5.41, 5.74) is 0.637. The third kappa shape index (κ3) is 6.41. The molecule has 0 fully saturated rings. The Morgan fingerprint density at radius 3 is 2.45 bits per heavy atom. The van der Waals surface area contributed by atoms with E-state index in [1.165, 1.54) is 60.7 Å². The highest BCUT2D eigenvalue weighted by molar-refractivity contribution is 7.92. The maximum absolute atomic E-state index is 14.0. The third-order valence-corrected chi connectivity index (χ3v) is 7.39. The normalized spacial score (nSPS) is 12.5. The molecule has 0 bridgehead atoms. The minimum atomic E-state index is -4.31. The first-order chi connectivity index (χ1) is 18.3. The van der Waals surface area contributed by atoms with Gasteiger partial charge >= 0.3 is 5.97 Å². The lowest BCUT2D eigenvalue weighted by molar-refractivity contribution is -0.114. The molecule has 0 saturated heterocycles. The van der Waals surface area contributed by atoms with Crippen LogP contribution in [0.4, 0.5) is 15.8 Å². The van der Waals surface area contributed by atoms with E-state index >= 15 is 0 Å². The maximum atomic E-state index is 14.0. The van der Waals surface area contributed by atoms with Gasteiger partial charge in [-0.25, -0.2) is 17.6 Å². The van der Waals surface area contributed by atoms with Crippen molar-refractivity contribution in [2.45, 2.75) is 24.7 Å². The Labute approximate surface area is 220 Å². The van der Waals surface area contributed by atoms with Gasteiger partial charge in [0.15, 0.2) is 11.5 Å². The summed E-state index contributed by atoms with van der Waals surface area (Å²) < 4.78 is 58.2. The predicted molar refractivity (Wildman–Crippen MR) is 139 cm³/mol. The van der Waals surface area contributed by atoms with Crippen molar-refractivity contribution in [3.8, 4) is 11.5 Å². The van der Waals surface area contributed by atoms with Gasteiger partial charge in [-0.2, -0.15) is 0 Å². The van der Waals surface area contributed by atoms with Crippen LogP contribution in [0.25, 0.3) is 0 Å². The quantitative estimate of drug-likeness (QED) is 0.299. The SMILES string of the molecule is CCCCOC(=O)c1ccc(NC(=O)CN(c2cccc(F)c2)S(=O)(=O)c2ccc3c(c2)OCCO3)cc1. The smallest absolute Gasteiger partial charge is 0.338 e. The number of fused-ring (bicyclic) bond motifs is 1. The zero-order chi connectivity index (χ0) is 27.1. The largest absolute Gasteiger partial charge is 0.486 e. The summed E-state index contributed by atoms with van der Waals surface area (Å²) >= 11 is 0. The second kappa shape index (κ2) is 12.0. The molecule has 0 radical (unpaired) electrons. The number of sulfonamides is 1. The number of amides is 1. The summed E-state index contributed by atoms with van der Waals surface area (Å²) in [6.45, 7) is 2.28. The van der Waals surface area contributed by atoms with Crippen molar-refractivity contribution in [3.05, 3.63) is 78.1 Å². The highest BCUT2D eigenvalue weighted by Gasteiger charge is 2.29. The van der Waals surface area contributed by atoms with Gasteiger partial charge in [-0.15, -0.1) is 0 Å². The first-order valence-electron chi connectivity index (χ1n) is 12.0.